The van der Waals surface area contributed by atoms with Gasteiger partial charge in [-0.3, -0.25) is 4.79 Å². The lowest BCUT2D eigenvalue weighted by Crippen LogP contribution is -2.38. The summed E-state index contributed by atoms with van der Waals surface area (Å²) in [7, 11) is 0. The van der Waals surface area contributed by atoms with E-state index >= 15 is 0 Å². The average Bonchev–Trinajstić information content (AvgIpc) is 2.59. The summed E-state index contributed by atoms with van der Waals surface area (Å²) < 4.78 is 12.2. The number of carboxylic acid groups (broad SMARTS) is 1. The maximum atomic E-state index is 10.6. The van der Waals surface area contributed by atoms with Gasteiger partial charge in [-0.25, -0.2) is 0 Å². The van der Waals surface area contributed by atoms with E-state index in [4.69, 9.17) is 14.6 Å². The molecule has 1 saturated heterocycles. The summed E-state index contributed by atoms with van der Waals surface area (Å²) in [6.07, 6.45) is 7.27. The largest absolute Gasteiger partial charge is 0.481 e. The standard InChI is InChI=1S/C21H32O4/c1-3-10-21-24-15-18(17-12-9-8-11-16(17)2)19(25-21)13-6-4-5-7-14-20(22)23/h8-9,11-12,18-19,21H,3-7,10,13-15H2,1-2H3,(H,22,23). The van der Waals surface area contributed by atoms with Crippen molar-refractivity contribution in [1.29, 1.82) is 0 Å². The SMILES string of the molecule is CCCC1OCC(c2ccccc2C)C(CCCCCCC(=O)O)O1. The van der Waals surface area contributed by atoms with Crippen molar-refractivity contribution >= 4 is 5.97 Å². The van der Waals surface area contributed by atoms with Crippen LogP contribution in [0, 0.1) is 6.92 Å². The van der Waals surface area contributed by atoms with Crippen molar-refractivity contribution in [2.75, 3.05) is 6.61 Å². The van der Waals surface area contributed by atoms with E-state index in [0.717, 1.165) is 51.6 Å². The van der Waals surface area contributed by atoms with Crippen molar-refractivity contribution in [3.8, 4) is 0 Å². The second-order valence-corrected chi connectivity index (χ2v) is 7.04. The number of carbonyl (C=O) groups is 1. The van der Waals surface area contributed by atoms with Gasteiger partial charge >= 0.3 is 5.97 Å². The maximum absolute atomic E-state index is 10.6. The van der Waals surface area contributed by atoms with Crippen molar-refractivity contribution < 1.29 is 19.4 Å². The molecule has 0 radical (unpaired) electrons. The molecule has 3 atom stereocenters. The minimum absolute atomic E-state index is 0.0812. The van der Waals surface area contributed by atoms with Crippen LogP contribution in [-0.4, -0.2) is 30.1 Å². The molecule has 3 unspecified atom stereocenters. The first-order valence-electron chi connectivity index (χ1n) is 9.66. The molecule has 0 aromatic heterocycles. The van der Waals surface area contributed by atoms with E-state index in [0.29, 0.717) is 0 Å². The van der Waals surface area contributed by atoms with Crippen LogP contribution in [0.2, 0.25) is 0 Å². The zero-order valence-electron chi connectivity index (χ0n) is 15.6. The van der Waals surface area contributed by atoms with Crippen LogP contribution < -0.4 is 0 Å². The quantitative estimate of drug-likeness (QED) is 0.601. The highest BCUT2D eigenvalue weighted by molar-refractivity contribution is 5.66. The number of hydrogen-bond donors (Lipinski definition) is 1. The fourth-order valence-electron chi connectivity index (χ4n) is 3.57. The van der Waals surface area contributed by atoms with E-state index in [-0.39, 0.29) is 24.7 Å². The van der Waals surface area contributed by atoms with Crippen LogP contribution in [0.25, 0.3) is 0 Å². The number of rotatable bonds is 10. The molecule has 25 heavy (non-hydrogen) atoms. The maximum Gasteiger partial charge on any atom is 0.303 e. The molecule has 0 amide bonds. The Hall–Kier alpha value is -1.39. The second-order valence-electron chi connectivity index (χ2n) is 7.04. The van der Waals surface area contributed by atoms with E-state index in [1.54, 1.807) is 0 Å². The summed E-state index contributed by atoms with van der Waals surface area (Å²) >= 11 is 0. The van der Waals surface area contributed by atoms with Crippen LogP contribution in [0.3, 0.4) is 0 Å². The molecular weight excluding hydrogens is 316 g/mol. The van der Waals surface area contributed by atoms with E-state index in [9.17, 15) is 4.79 Å². The third kappa shape index (κ3) is 6.44. The minimum Gasteiger partial charge on any atom is -0.481 e. The average molecular weight is 348 g/mol. The van der Waals surface area contributed by atoms with Crippen LogP contribution in [0.4, 0.5) is 0 Å². The molecule has 2 rings (SSSR count). The van der Waals surface area contributed by atoms with Gasteiger partial charge in [0.15, 0.2) is 6.29 Å². The summed E-state index contributed by atoms with van der Waals surface area (Å²) in [6.45, 7) is 5.02. The van der Waals surface area contributed by atoms with E-state index in [1.165, 1.54) is 11.1 Å². The third-order valence-electron chi connectivity index (χ3n) is 4.98. The molecule has 1 fully saturated rings. The van der Waals surface area contributed by atoms with Crippen LogP contribution >= 0.6 is 0 Å². The first kappa shape index (κ1) is 19.9. The Kier molecular flexibility index (Phi) is 8.42. The Morgan fingerprint density at radius 1 is 1.16 bits per heavy atom. The Morgan fingerprint density at radius 3 is 2.64 bits per heavy atom. The fraction of sp³-hybridized carbons (Fsp3) is 0.667. The Labute approximate surface area is 151 Å². The van der Waals surface area contributed by atoms with Crippen LogP contribution in [0.15, 0.2) is 24.3 Å². The zero-order valence-corrected chi connectivity index (χ0v) is 15.6. The monoisotopic (exact) mass is 348 g/mol. The van der Waals surface area contributed by atoms with Gasteiger partial charge in [0.2, 0.25) is 0 Å². The molecule has 4 heteroatoms. The van der Waals surface area contributed by atoms with Gasteiger partial charge in [-0.2, -0.15) is 0 Å². The molecule has 1 aromatic carbocycles. The predicted molar refractivity (Wildman–Crippen MR) is 98.8 cm³/mol. The van der Waals surface area contributed by atoms with Gasteiger partial charge in [-0.1, -0.05) is 56.9 Å². The van der Waals surface area contributed by atoms with Crippen molar-refractivity contribution in [1.82, 2.24) is 0 Å². The lowest BCUT2D eigenvalue weighted by atomic mass is 9.87. The Bertz CT molecular complexity index is 528. The molecule has 0 spiro atoms. The number of hydrogen-bond acceptors (Lipinski definition) is 3. The number of benzene rings is 1. The van der Waals surface area contributed by atoms with Gasteiger partial charge < -0.3 is 14.6 Å². The smallest absolute Gasteiger partial charge is 0.303 e. The topological polar surface area (TPSA) is 55.8 Å². The number of unbranched alkanes of at least 4 members (excludes halogenated alkanes) is 3. The molecule has 1 aliphatic rings. The highest BCUT2D eigenvalue weighted by Crippen LogP contribution is 2.34. The molecule has 0 saturated carbocycles. The molecular formula is C21H32O4. The summed E-state index contributed by atoms with van der Waals surface area (Å²) in [4.78, 5) is 10.6. The lowest BCUT2D eigenvalue weighted by Gasteiger charge is -2.37. The predicted octanol–water partition coefficient (Wildman–Crippen LogP) is 5.05. The highest BCUT2D eigenvalue weighted by Gasteiger charge is 2.32. The second kappa shape index (κ2) is 10.6. The summed E-state index contributed by atoms with van der Waals surface area (Å²) in [6, 6.07) is 8.49. The van der Waals surface area contributed by atoms with Crippen LogP contribution in [-0.2, 0) is 14.3 Å². The highest BCUT2D eigenvalue weighted by atomic mass is 16.7. The minimum atomic E-state index is -0.699. The fourth-order valence-corrected chi connectivity index (χ4v) is 3.57. The summed E-state index contributed by atoms with van der Waals surface area (Å²) in [5.41, 5.74) is 2.62. The molecule has 140 valence electrons. The zero-order chi connectivity index (χ0) is 18.1. The molecule has 1 aromatic rings. The van der Waals surface area contributed by atoms with E-state index in [2.05, 4.69) is 38.1 Å². The van der Waals surface area contributed by atoms with Gasteiger partial charge in [-0.15, -0.1) is 0 Å². The van der Waals surface area contributed by atoms with Gasteiger partial charge in [0.1, 0.15) is 0 Å². The molecule has 0 bridgehead atoms. The van der Waals surface area contributed by atoms with Crippen molar-refractivity contribution in [2.24, 2.45) is 0 Å². The van der Waals surface area contributed by atoms with Gasteiger partial charge in [-0.05, 0) is 37.3 Å². The molecule has 1 heterocycles. The van der Waals surface area contributed by atoms with Gasteiger partial charge in [0.05, 0.1) is 12.7 Å². The first-order valence-corrected chi connectivity index (χ1v) is 9.66. The van der Waals surface area contributed by atoms with Crippen LogP contribution in [0.5, 0.6) is 0 Å². The van der Waals surface area contributed by atoms with Crippen LogP contribution in [0.1, 0.15) is 75.3 Å². The molecule has 0 aliphatic carbocycles. The first-order chi connectivity index (χ1) is 12.1. The Balaban J connectivity index is 1.90. The molecule has 1 aliphatic heterocycles. The van der Waals surface area contributed by atoms with E-state index < -0.39 is 5.97 Å². The number of aliphatic carboxylic acids is 1. The Morgan fingerprint density at radius 2 is 1.92 bits per heavy atom. The van der Waals surface area contributed by atoms with Gasteiger partial charge in [0.25, 0.3) is 0 Å². The molecule has 1 N–H and O–H groups in total. The number of aryl methyl sites for hydroxylation is 1. The molecule has 4 nitrogen and oxygen atoms in total. The number of ether oxygens (including phenoxy) is 2. The van der Waals surface area contributed by atoms with Crippen molar-refractivity contribution in [3.05, 3.63) is 35.4 Å². The van der Waals surface area contributed by atoms with Crippen molar-refractivity contribution in [3.63, 3.8) is 0 Å². The van der Waals surface area contributed by atoms with Gasteiger partial charge in [0, 0.05) is 12.3 Å². The summed E-state index contributed by atoms with van der Waals surface area (Å²) in [5.74, 6) is -0.414. The van der Waals surface area contributed by atoms with E-state index in [1.807, 2.05) is 0 Å². The summed E-state index contributed by atoms with van der Waals surface area (Å²) in [5, 5.41) is 8.71. The number of carboxylic acids is 1. The third-order valence-corrected chi connectivity index (χ3v) is 4.98. The van der Waals surface area contributed by atoms with Crippen molar-refractivity contribution in [2.45, 2.75) is 83.5 Å². The lowest BCUT2D eigenvalue weighted by molar-refractivity contribution is -0.225. The normalized spacial score (nSPS) is 23.5.